The maximum Gasteiger partial charge on any atom is 0.271 e. The van der Waals surface area contributed by atoms with Crippen LogP contribution in [0, 0.1) is 18.6 Å². The Hall–Kier alpha value is -2.56. The number of hydrazone groups is 1. The van der Waals surface area contributed by atoms with Crippen molar-refractivity contribution >= 4 is 11.6 Å². The van der Waals surface area contributed by atoms with Gasteiger partial charge in [-0.3, -0.25) is 4.79 Å². The highest BCUT2D eigenvalue weighted by Crippen LogP contribution is 2.10. The van der Waals surface area contributed by atoms with Crippen molar-refractivity contribution < 1.29 is 13.6 Å². The van der Waals surface area contributed by atoms with Gasteiger partial charge in [-0.25, -0.2) is 14.2 Å². The highest BCUT2D eigenvalue weighted by Gasteiger charge is 2.08. The molecular weight excluding hydrogens is 274 g/mol. The number of benzene rings is 2. The van der Waals surface area contributed by atoms with Crippen LogP contribution in [0.15, 0.2) is 47.6 Å². The van der Waals surface area contributed by atoms with Gasteiger partial charge in [0.2, 0.25) is 0 Å². The van der Waals surface area contributed by atoms with E-state index in [9.17, 15) is 13.6 Å². The van der Waals surface area contributed by atoms with E-state index in [-0.39, 0.29) is 11.3 Å². The Labute approximate surface area is 121 Å². The van der Waals surface area contributed by atoms with Crippen LogP contribution in [0.5, 0.6) is 0 Å². The molecule has 0 atom stereocenters. The molecule has 0 saturated carbocycles. The van der Waals surface area contributed by atoms with Gasteiger partial charge in [0.25, 0.3) is 5.91 Å². The van der Waals surface area contributed by atoms with E-state index in [4.69, 9.17) is 0 Å². The molecule has 0 aliphatic rings. The summed E-state index contributed by atoms with van der Waals surface area (Å²) >= 11 is 0. The lowest BCUT2D eigenvalue weighted by molar-refractivity contribution is 0.0955. The van der Waals surface area contributed by atoms with Crippen LogP contribution in [-0.2, 0) is 0 Å². The summed E-state index contributed by atoms with van der Waals surface area (Å²) in [6, 6.07) is 10.2. The lowest BCUT2D eigenvalue weighted by atomic mass is 10.1. The fourth-order valence-corrected chi connectivity index (χ4v) is 1.75. The number of rotatable bonds is 3. The fraction of sp³-hybridized carbons (Fsp3) is 0.125. The quantitative estimate of drug-likeness (QED) is 0.682. The highest BCUT2D eigenvalue weighted by atomic mass is 19.1. The van der Waals surface area contributed by atoms with E-state index in [0.717, 1.165) is 17.7 Å². The van der Waals surface area contributed by atoms with E-state index in [1.165, 1.54) is 13.0 Å². The molecule has 2 rings (SSSR count). The number of carbonyl (C=O) groups excluding carboxylic acids is 1. The topological polar surface area (TPSA) is 41.5 Å². The molecule has 2 aromatic rings. The zero-order valence-corrected chi connectivity index (χ0v) is 11.7. The van der Waals surface area contributed by atoms with Gasteiger partial charge in [0.15, 0.2) is 0 Å². The van der Waals surface area contributed by atoms with Crippen LogP contribution in [0.4, 0.5) is 8.78 Å². The molecule has 3 nitrogen and oxygen atoms in total. The minimum atomic E-state index is -0.721. The monoisotopic (exact) mass is 288 g/mol. The predicted molar refractivity (Wildman–Crippen MR) is 77.2 cm³/mol. The smallest absolute Gasteiger partial charge is 0.267 e. The number of hydrogen-bond donors (Lipinski definition) is 1. The van der Waals surface area contributed by atoms with Crippen LogP contribution < -0.4 is 5.43 Å². The minimum Gasteiger partial charge on any atom is -0.267 e. The number of hydrogen-bond acceptors (Lipinski definition) is 2. The molecule has 108 valence electrons. The van der Waals surface area contributed by atoms with Crippen LogP contribution in [0.25, 0.3) is 0 Å². The number of nitrogens with zero attached hydrogens (tertiary/aromatic N) is 1. The number of nitrogens with one attached hydrogen (secondary N) is 1. The fourth-order valence-electron chi connectivity index (χ4n) is 1.75. The summed E-state index contributed by atoms with van der Waals surface area (Å²) in [5, 5.41) is 3.84. The summed E-state index contributed by atoms with van der Waals surface area (Å²) in [6.45, 7) is 3.45. The molecule has 0 unspecified atom stereocenters. The molecular formula is C16H14F2N2O. The van der Waals surface area contributed by atoms with Crippen molar-refractivity contribution in [3.05, 3.63) is 70.8 Å². The maximum absolute atomic E-state index is 13.6. The van der Waals surface area contributed by atoms with Gasteiger partial charge in [0.05, 0.1) is 5.71 Å². The molecule has 0 spiro atoms. The summed E-state index contributed by atoms with van der Waals surface area (Å²) < 4.78 is 26.4. The van der Waals surface area contributed by atoms with E-state index in [1.807, 2.05) is 19.1 Å². The van der Waals surface area contributed by atoms with Crippen LogP contribution in [0.3, 0.4) is 0 Å². The zero-order valence-electron chi connectivity index (χ0n) is 11.7. The van der Waals surface area contributed by atoms with Gasteiger partial charge in [-0.1, -0.05) is 17.7 Å². The minimum absolute atomic E-state index is 0.139. The predicted octanol–water partition coefficient (Wildman–Crippen LogP) is 3.43. The second kappa shape index (κ2) is 6.26. The second-order valence-electron chi connectivity index (χ2n) is 4.63. The van der Waals surface area contributed by atoms with Gasteiger partial charge in [0, 0.05) is 17.2 Å². The molecule has 1 amide bonds. The van der Waals surface area contributed by atoms with Crippen molar-refractivity contribution in [1.29, 1.82) is 0 Å². The molecule has 0 heterocycles. The normalized spacial score (nSPS) is 11.3. The average molecular weight is 288 g/mol. The maximum atomic E-state index is 13.6. The van der Waals surface area contributed by atoms with Gasteiger partial charge in [-0.15, -0.1) is 0 Å². The molecule has 1 N–H and O–H groups in total. The Morgan fingerprint density at radius 3 is 2.38 bits per heavy atom. The summed E-state index contributed by atoms with van der Waals surface area (Å²) in [5.41, 5.74) is 4.24. The lowest BCUT2D eigenvalue weighted by Gasteiger charge is -2.04. The first-order chi connectivity index (χ1) is 9.97. The standard InChI is InChI=1S/C16H14F2N2O/c1-10-3-5-12(6-4-10)16(21)20-19-11(2)14-8-7-13(17)9-15(14)18/h3-9H,1-2H3,(H,20,21)/b19-11-. The molecule has 0 radical (unpaired) electrons. The average Bonchev–Trinajstić information content (AvgIpc) is 2.45. The van der Waals surface area contributed by atoms with Crippen molar-refractivity contribution in [3.63, 3.8) is 0 Å². The molecule has 0 bridgehead atoms. The Morgan fingerprint density at radius 1 is 1.10 bits per heavy atom. The third kappa shape index (κ3) is 3.72. The molecule has 0 aliphatic heterocycles. The van der Waals surface area contributed by atoms with Crippen molar-refractivity contribution in [2.75, 3.05) is 0 Å². The van der Waals surface area contributed by atoms with Crippen LogP contribution in [-0.4, -0.2) is 11.6 Å². The summed E-state index contributed by atoms with van der Waals surface area (Å²) in [6.07, 6.45) is 0. The second-order valence-corrected chi connectivity index (χ2v) is 4.63. The van der Waals surface area contributed by atoms with Gasteiger partial charge in [-0.05, 0) is 38.1 Å². The van der Waals surface area contributed by atoms with Gasteiger partial charge in [0.1, 0.15) is 11.6 Å². The van der Waals surface area contributed by atoms with Crippen molar-refractivity contribution in [3.8, 4) is 0 Å². The Morgan fingerprint density at radius 2 is 1.76 bits per heavy atom. The van der Waals surface area contributed by atoms with Crippen LogP contribution in [0.1, 0.15) is 28.4 Å². The van der Waals surface area contributed by atoms with E-state index in [0.29, 0.717) is 5.56 Å². The van der Waals surface area contributed by atoms with Crippen molar-refractivity contribution in [2.45, 2.75) is 13.8 Å². The van der Waals surface area contributed by atoms with E-state index in [2.05, 4.69) is 10.5 Å². The van der Waals surface area contributed by atoms with Gasteiger partial charge < -0.3 is 0 Å². The lowest BCUT2D eigenvalue weighted by Crippen LogP contribution is -2.19. The first-order valence-electron chi connectivity index (χ1n) is 6.34. The summed E-state index contributed by atoms with van der Waals surface area (Å²) in [5.74, 6) is -1.77. The number of amides is 1. The molecule has 21 heavy (non-hydrogen) atoms. The van der Waals surface area contributed by atoms with Crippen molar-refractivity contribution in [2.24, 2.45) is 5.10 Å². The van der Waals surface area contributed by atoms with Gasteiger partial charge in [-0.2, -0.15) is 5.10 Å². The van der Waals surface area contributed by atoms with Crippen LogP contribution >= 0.6 is 0 Å². The van der Waals surface area contributed by atoms with Gasteiger partial charge >= 0.3 is 0 Å². The number of aryl methyl sites for hydroxylation is 1. The highest BCUT2D eigenvalue weighted by molar-refractivity contribution is 6.01. The van der Waals surface area contributed by atoms with E-state index in [1.54, 1.807) is 12.1 Å². The Balaban J connectivity index is 2.12. The summed E-state index contributed by atoms with van der Waals surface area (Å²) in [4.78, 5) is 11.9. The largest absolute Gasteiger partial charge is 0.271 e. The zero-order chi connectivity index (χ0) is 15.4. The first kappa shape index (κ1) is 14.8. The van der Waals surface area contributed by atoms with E-state index >= 15 is 0 Å². The number of halogens is 2. The number of carbonyl (C=O) groups is 1. The Bertz CT molecular complexity index is 694. The van der Waals surface area contributed by atoms with Crippen molar-refractivity contribution in [1.82, 2.24) is 5.43 Å². The molecule has 0 saturated heterocycles. The van der Waals surface area contributed by atoms with E-state index < -0.39 is 17.5 Å². The third-order valence-corrected chi connectivity index (χ3v) is 2.96. The SMILES string of the molecule is C/C(=N/NC(=O)c1ccc(C)cc1)c1ccc(F)cc1F. The molecule has 5 heteroatoms. The van der Waals surface area contributed by atoms with Crippen LogP contribution in [0.2, 0.25) is 0 Å². The molecule has 0 fully saturated rings. The first-order valence-corrected chi connectivity index (χ1v) is 6.34. The molecule has 0 aromatic heterocycles. The Kier molecular flexibility index (Phi) is 4.42. The third-order valence-electron chi connectivity index (χ3n) is 2.96. The summed E-state index contributed by atoms with van der Waals surface area (Å²) in [7, 11) is 0. The molecule has 0 aliphatic carbocycles. The molecule has 2 aromatic carbocycles.